The number of thiophene rings is 1. The Morgan fingerprint density at radius 1 is 1.09 bits per heavy atom. The van der Waals surface area contributed by atoms with Gasteiger partial charge in [0.2, 0.25) is 0 Å². The molecule has 0 saturated carbocycles. The van der Waals surface area contributed by atoms with Crippen molar-refractivity contribution in [2.75, 3.05) is 13.1 Å². The zero-order valence-corrected chi connectivity index (χ0v) is 14.5. The lowest BCUT2D eigenvalue weighted by molar-refractivity contribution is 0.407. The Kier molecular flexibility index (Phi) is 4.88. The molecule has 22 heavy (non-hydrogen) atoms. The topological polar surface area (TPSA) is 37.4 Å². The van der Waals surface area contributed by atoms with Crippen LogP contribution in [0.1, 0.15) is 30.7 Å². The number of sulfonamides is 1. The Morgan fingerprint density at radius 3 is 2.55 bits per heavy atom. The van der Waals surface area contributed by atoms with E-state index >= 15 is 0 Å². The fourth-order valence-electron chi connectivity index (χ4n) is 2.89. The second-order valence-corrected chi connectivity index (χ2v) is 9.40. The maximum Gasteiger partial charge on any atom is 0.252 e. The maximum atomic E-state index is 12.8. The first-order valence-electron chi connectivity index (χ1n) is 7.38. The van der Waals surface area contributed by atoms with Crippen LogP contribution in [0.2, 0.25) is 4.34 Å². The molecular weight excluding hydrogens is 338 g/mol. The predicted octanol–water partition coefficient (Wildman–Crippen LogP) is 4.36. The molecule has 1 unspecified atom stereocenters. The highest BCUT2D eigenvalue weighted by atomic mass is 35.5. The highest BCUT2D eigenvalue weighted by Gasteiger charge is 2.30. The van der Waals surface area contributed by atoms with Crippen LogP contribution in [0, 0.1) is 0 Å². The van der Waals surface area contributed by atoms with E-state index < -0.39 is 10.0 Å². The van der Waals surface area contributed by atoms with E-state index in [1.54, 1.807) is 16.4 Å². The SMILES string of the molecule is O=S(=O)(c1ccc(Cl)s1)N1CCCCC(c2ccccc2)C1. The summed E-state index contributed by atoms with van der Waals surface area (Å²) in [4.78, 5) is 0. The lowest BCUT2D eigenvalue weighted by atomic mass is 9.95. The van der Waals surface area contributed by atoms with Crippen LogP contribution in [-0.4, -0.2) is 25.8 Å². The Morgan fingerprint density at radius 2 is 1.86 bits per heavy atom. The molecule has 0 amide bonds. The van der Waals surface area contributed by atoms with Gasteiger partial charge in [-0.2, -0.15) is 4.31 Å². The highest BCUT2D eigenvalue weighted by Crippen LogP contribution is 2.32. The molecule has 1 aromatic heterocycles. The van der Waals surface area contributed by atoms with Gasteiger partial charge in [0.05, 0.1) is 4.34 Å². The molecule has 2 aromatic rings. The standard InChI is InChI=1S/C16H18ClNO2S2/c17-15-9-10-16(21-15)22(19,20)18-11-5-4-8-14(12-18)13-6-2-1-3-7-13/h1-3,6-7,9-10,14H,4-5,8,11-12H2. The van der Waals surface area contributed by atoms with Gasteiger partial charge in [0.1, 0.15) is 4.21 Å². The van der Waals surface area contributed by atoms with Crippen molar-refractivity contribution in [3.63, 3.8) is 0 Å². The first kappa shape index (κ1) is 16.0. The molecule has 1 atom stereocenters. The lowest BCUT2D eigenvalue weighted by Crippen LogP contribution is -2.33. The first-order chi connectivity index (χ1) is 10.6. The van der Waals surface area contributed by atoms with Gasteiger partial charge in [-0.25, -0.2) is 8.42 Å². The molecule has 0 bridgehead atoms. The quantitative estimate of drug-likeness (QED) is 0.820. The second kappa shape index (κ2) is 6.71. The van der Waals surface area contributed by atoms with Gasteiger partial charge in [0.25, 0.3) is 10.0 Å². The molecule has 3 nitrogen and oxygen atoms in total. The van der Waals surface area contributed by atoms with Crippen LogP contribution >= 0.6 is 22.9 Å². The molecule has 118 valence electrons. The largest absolute Gasteiger partial charge is 0.252 e. The van der Waals surface area contributed by atoms with Crippen molar-refractivity contribution in [1.82, 2.24) is 4.31 Å². The van der Waals surface area contributed by atoms with Crippen molar-refractivity contribution < 1.29 is 8.42 Å². The van der Waals surface area contributed by atoms with Crippen molar-refractivity contribution in [1.29, 1.82) is 0 Å². The fraction of sp³-hybridized carbons (Fsp3) is 0.375. The van der Waals surface area contributed by atoms with E-state index in [2.05, 4.69) is 12.1 Å². The van der Waals surface area contributed by atoms with Gasteiger partial charge in [-0.1, -0.05) is 48.4 Å². The van der Waals surface area contributed by atoms with Crippen molar-refractivity contribution >= 4 is 33.0 Å². The number of rotatable bonds is 3. The monoisotopic (exact) mass is 355 g/mol. The minimum absolute atomic E-state index is 0.258. The van der Waals surface area contributed by atoms with E-state index in [-0.39, 0.29) is 5.92 Å². The second-order valence-electron chi connectivity index (χ2n) is 5.52. The number of nitrogens with zero attached hydrogens (tertiary/aromatic N) is 1. The molecular formula is C16H18ClNO2S2. The van der Waals surface area contributed by atoms with Gasteiger partial charge in [0, 0.05) is 13.1 Å². The highest BCUT2D eigenvalue weighted by molar-refractivity contribution is 7.91. The van der Waals surface area contributed by atoms with Gasteiger partial charge in [-0.15, -0.1) is 11.3 Å². The summed E-state index contributed by atoms with van der Waals surface area (Å²) in [6, 6.07) is 13.4. The Hall–Kier alpha value is -0.880. The molecule has 1 aliphatic heterocycles. The lowest BCUT2D eigenvalue weighted by Gasteiger charge is -2.23. The third-order valence-electron chi connectivity index (χ3n) is 4.05. The molecule has 6 heteroatoms. The van der Waals surface area contributed by atoms with E-state index in [9.17, 15) is 8.42 Å². The van der Waals surface area contributed by atoms with Gasteiger partial charge in [0.15, 0.2) is 0 Å². The van der Waals surface area contributed by atoms with E-state index in [0.29, 0.717) is 21.6 Å². The van der Waals surface area contributed by atoms with Gasteiger partial charge >= 0.3 is 0 Å². The Bertz CT molecular complexity index is 728. The summed E-state index contributed by atoms with van der Waals surface area (Å²) in [7, 11) is -3.44. The van der Waals surface area contributed by atoms with Crippen LogP contribution in [-0.2, 0) is 10.0 Å². The summed E-state index contributed by atoms with van der Waals surface area (Å²) in [6.45, 7) is 1.13. The molecule has 1 aliphatic rings. The van der Waals surface area contributed by atoms with Crippen molar-refractivity contribution in [3.05, 3.63) is 52.4 Å². The molecule has 3 rings (SSSR count). The summed E-state index contributed by atoms with van der Waals surface area (Å²) in [5.41, 5.74) is 1.22. The summed E-state index contributed by atoms with van der Waals surface area (Å²) in [5.74, 6) is 0.258. The number of benzene rings is 1. The molecule has 1 saturated heterocycles. The van der Waals surface area contributed by atoms with E-state index in [1.807, 2.05) is 18.2 Å². The van der Waals surface area contributed by atoms with Crippen molar-refractivity contribution in [3.8, 4) is 0 Å². The number of halogens is 1. The Balaban J connectivity index is 1.87. The van der Waals surface area contributed by atoms with Gasteiger partial charge < -0.3 is 0 Å². The first-order valence-corrected chi connectivity index (χ1v) is 10.0. The van der Waals surface area contributed by atoms with Crippen LogP contribution in [0.5, 0.6) is 0 Å². The van der Waals surface area contributed by atoms with Gasteiger partial charge in [-0.05, 0) is 36.5 Å². The summed E-state index contributed by atoms with van der Waals surface area (Å²) >= 11 is 7.03. The summed E-state index contributed by atoms with van der Waals surface area (Å²) in [6.07, 6.45) is 2.99. The van der Waals surface area contributed by atoms with E-state index in [1.165, 1.54) is 5.56 Å². The van der Waals surface area contributed by atoms with Crippen molar-refractivity contribution in [2.24, 2.45) is 0 Å². The van der Waals surface area contributed by atoms with Crippen LogP contribution in [0.3, 0.4) is 0 Å². The van der Waals surface area contributed by atoms with Crippen LogP contribution < -0.4 is 0 Å². The zero-order chi connectivity index (χ0) is 15.6. The number of hydrogen-bond acceptors (Lipinski definition) is 3. The molecule has 0 radical (unpaired) electrons. The third-order valence-corrected chi connectivity index (χ3v) is 7.61. The molecule has 0 N–H and O–H groups in total. The summed E-state index contributed by atoms with van der Waals surface area (Å²) < 4.78 is 28.1. The minimum Gasteiger partial charge on any atom is -0.206 e. The van der Waals surface area contributed by atoms with Crippen LogP contribution in [0.25, 0.3) is 0 Å². The Labute approximate surface area is 140 Å². The summed E-state index contributed by atoms with van der Waals surface area (Å²) in [5, 5.41) is 0. The third kappa shape index (κ3) is 3.38. The maximum absolute atomic E-state index is 12.8. The fourth-order valence-corrected chi connectivity index (χ4v) is 6.05. The van der Waals surface area contributed by atoms with Gasteiger partial charge in [-0.3, -0.25) is 0 Å². The van der Waals surface area contributed by atoms with Crippen molar-refractivity contribution in [2.45, 2.75) is 29.4 Å². The smallest absolute Gasteiger partial charge is 0.206 e. The van der Waals surface area contributed by atoms with Crippen LogP contribution in [0.15, 0.2) is 46.7 Å². The predicted molar refractivity (Wildman–Crippen MR) is 91.1 cm³/mol. The van der Waals surface area contributed by atoms with E-state index in [4.69, 9.17) is 11.6 Å². The van der Waals surface area contributed by atoms with E-state index in [0.717, 1.165) is 30.6 Å². The average molecular weight is 356 g/mol. The average Bonchev–Trinajstić information content (AvgIpc) is 2.82. The molecule has 1 fully saturated rings. The molecule has 0 aliphatic carbocycles. The molecule has 1 aromatic carbocycles. The molecule has 0 spiro atoms. The number of hydrogen-bond donors (Lipinski definition) is 0. The minimum atomic E-state index is -3.44. The zero-order valence-electron chi connectivity index (χ0n) is 12.1. The normalized spacial score (nSPS) is 20.7. The molecule has 2 heterocycles. The van der Waals surface area contributed by atoms with Crippen LogP contribution in [0.4, 0.5) is 0 Å².